The van der Waals surface area contributed by atoms with Gasteiger partial charge in [-0.2, -0.15) is 0 Å². The van der Waals surface area contributed by atoms with Gasteiger partial charge in [0, 0.05) is 17.3 Å². The van der Waals surface area contributed by atoms with Crippen molar-refractivity contribution in [3.05, 3.63) is 47.4 Å². The molecule has 0 aliphatic heterocycles. The molecule has 1 N–H and O–H groups in total. The topological polar surface area (TPSA) is 46.0 Å². The molecule has 0 amide bonds. The fourth-order valence-corrected chi connectivity index (χ4v) is 2.24. The smallest absolute Gasteiger partial charge is 0.119 e. The van der Waals surface area contributed by atoms with Gasteiger partial charge in [-0.3, -0.25) is 4.98 Å². The van der Waals surface area contributed by atoms with Crippen molar-refractivity contribution in [2.24, 2.45) is 0 Å². The van der Waals surface area contributed by atoms with Gasteiger partial charge in [-0.05, 0) is 17.7 Å². The van der Waals surface area contributed by atoms with E-state index < -0.39 is 0 Å². The number of halogens is 1. The average Bonchev–Trinajstić information content (AvgIpc) is 2.33. The van der Waals surface area contributed by atoms with Crippen LogP contribution >= 0.6 is 23.4 Å². The molecule has 1 heterocycles. The monoisotopic (exact) mass is 252 g/mol. The van der Waals surface area contributed by atoms with E-state index in [-0.39, 0.29) is 6.61 Å². The molecule has 5 heteroatoms. The van der Waals surface area contributed by atoms with E-state index >= 15 is 0 Å². The number of aromatic nitrogens is 2. The van der Waals surface area contributed by atoms with Crippen LogP contribution < -0.4 is 0 Å². The molecule has 0 bridgehead atoms. The lowest BCUT2D eigenvalue weighted by Crippen LogP contribution is -1.85. The number of rotatable bonds is 3. The summed E-state index contributed by atoms with van der Waals surface area (Å²) >= 11 is 7.52. The van der Waals surface area contributed by atoms with Gasteiger partial charge in [0.05, 0.1) is 17.8 Å². The summed E-state index contributed by atoms with van der Waals surface area (Å²) in [6.45, 7) is -0.00416. The summed E-state index contributed by atoms with van der Waals surface area (Å²) in [5.41, 5.74) is 0.800. The summed E-state index contributed by atoms with van der Waals surface area (Å²) in [6.07, 6.45) is 4.94. The summed E-state index contributed by atoms with van der Waals surface area (Å²) in [4.78, 5) is 9.03. The molecule has 2 aromatic rings. The molecule has 2 rings (SSSR count). The lowest BCUT2D eigenvalue weighted by atomic mass is 10.2. The fraction of sp³-hybridized carbons (Fsp3) is 0.0909. The molecule has 1 aromatic heterocycles. The van der Waals surface area contributed by atoms with E-state index in [9.17, 15) is 0 Å². The van der Waals surface area contributed by atoms with Crippen LogP contribution in [0.2, 0.25) is 5.02 Å². The maximum absolute atomic E-state index is 8.95. The zero-order valence-corrected chi connectivity index (χ0v) is 9.87. The van der Waals surface area contributed by atoms with Gasteiger partial charge in [-0.1, -0.05) is 29.4 Å². The molecule has 82 valence electrons. The Bertz CT molecular complexity index is 479. The highest BCUT2D eigenvalue weighted by Crippen LogP contribution is 2.32. The maximum Gasteiger partial charge on any atom is 0.119 e. The maximum atomic E-state index is 8.95. The Hall–Kier alpha value is -1.10. The van der Waals surface area contributed by atoms with Gasteiger partial charge in [0.25, 0.3) is 0 Å². The Morgan fingerprint density at radius 2 is 2.19 bits per heavy atom. The predicted octanol–water partition coefficient (Wildman–Crippen LogP) is 2.77. The zero-order chi connectivity index (χ0) is 11.4. The van der Waals surface area contributed by atoms with Crippen LogP contribution in [0.1, 0.15) is 5.56 Å². The Morgan fingerprint density at radius 1 is 1.31 bits per heavy atom. The van der Waals surface area contributed by atoms with Gasteiger partial charge < -0.3 is 5.11 Å². The SMILES string of the molecule is OCc1ccc(Sc2cnccn2)c(Cl)c1. The molecule has 1 aromatic carbocycles. The van der Waals surface area contributed by atoms with Crippen LogP contribution in [0, 0.1) is 0 Å². The normalized spacial score (nSPS) is 10.4. The van der Waals surface area contributed by atoms with Gasteiger partial charge in [-0.25, -0.2) is 4.98 Å². The molecule has 0 saturated carbocycles. The number of hydrogen-bond donors (Lipinski definition) is 1. The molecular weight excluding hydrogens is 244 g/mol. The Labute approximate surface area is 103 Å². The van der Waals surface area contributed by atoms with Gasteiger partial charge in [0.2, 0.25) is 0 Å². The van der Waals surface area contributed by atoms with E-state index in [0.717, 1.165) is 15.5 Å². The zero-order valence-electron chi connectivity index (χ0n) is 8.30. The van der Waals surface area contributed by atoms with Gasteiger partial charge in [0.15, 0.2) is 0 Å². The van der Waals surface area contributed by atoms with Crippen molar-refractivity contribution >= 4 is 23.4 Å². The third-order valence-electron chi connectivity index (χ3n) is 1.93. The van der Waals surface area contributed by atoms with E-state index in [1.54, 1.807) is 24.7 Å². The number of aliphatic hydroxyl groups is 1. The molecule has 0 radical (unpaired) electrons. The lowest BCUT2D eigenvalue weighted by molar-refractivity contribution is 0.282. The first-order valence-electron chi connectivity index (χ1n) is 4.63. The molecule has 0 aliphatic carbocycles. The first kappa shape index (κ1) is 11.4. The summed E-state index contributed by atoms with van der Waals surface area (Å²) in [5, 5.41) is 10.4. The standard InChI is InChI=1S/C11H9ClN2OS/c12-9-5-8(7-15)1-2-10(9)16-11-6-13-3-4-14-11/h1-6,15H,7H2. The quantitative estimate of drug-likeness (QED) is 0.913. The number of nitrogens with zero attached hydrogens (tertiary/aromatic N) is 2. The van der Waals surface area contributed by atoms with Crippen LogP contribution in [0.5, 0.6) is 0 Å². The van der Waals surface area contributed by atoms with Gasteiger partial charge in [0.1, 0.15) is 5.03 Å². The van der Waals surface area contributed by atoms with Crippen LogP contribution in [0.25, 0.3) is 0 Å². The second-order valence-electron chi connectivity index (χ2n) is 3.07. The summed E-state index contributed by atoms with van der Waals surface area (Å²) < 4.78 is 0. The Balaban J connectivity index is 2.22. The van der Waals surface area contributed by atoms with Crippen molar-refractivity contribution in [1.82, 2.24) is 9.97 Å². The molecule has 0 unspecified atom stereocenters. The number of benzene rings is 1. The molecule has 0 saturated heterocycles. The fourth-order valence-electron chi connectivity index (χ4n) is 1.18. The van der Waals surface area contributed by atoms with Crippen molar-refractivity contribution in [3.63, 3.8) is 0 Å². The summed E-state index contributed by atoms with van der Waals surface area (Å²) in [6, 6.07) is 5.46. The largest absolute Gasteiger partial charge is 0.392 e. The van der Waals surface area contributed by atoms with Crippen LogP contribution in [-0.2, 0) is 6.61 Å². The van der Waals surface area contributed by atoms with Crippen molar-refractivity contribution < 1.29 is 5.11 Å². The summed E-state index contributed by atoms with van der Waals surface area (Å²) in [7, 11) is 0. The minimum absolute atomic E-state index is 0.00416. The second kappa shape index (κ2) is 5.30. The van der Waals surface area contributed by atoms with E-state index in [4.69, 9.17) is 16.7 Å². The first-order chi connectivity index (χ1) is 7.79. The minimum atomic E-state index is -0.00416. The molecule has 0 spiro atoms. The van der Waals surface area contributed by atoms with Crippen molar-refractivity contribution in [2.75, 3.05) is 0 Å². The molecule has 0 aliphatic rings. The van der Waals surface area contributed by atoms with E-state index in [1.165, 1.54) is 11.8 Å². The van der Waals surface area contributed by atoms with Crippen LogP contribution in [0.15, 0.2) is 46.7 Å². The highest BCUT2D eigenvalue weighted by Gasteiger charge is 2.04. The van der Waals surface area contributed by atoms with E-state index in [0.29, 0.717) is 5.02 Å². The van der Waals surface area contributed by atoms with Gasteiger partial charge >= 0.3 is 0 Å². The van der Waals surface area contributed by atoms with Crippen molar-refractivity contribution in [3.8, 4) is 0 Å². The lowest BCUT2D eigenvalue weighted by Gasteiger charge is -2.04. The highest BCUT2D eigenvalue weighted by molar-refractivity contribution is 7.99. The second-order valence-corrected chi connectivity index (χ2v) is 4.54. The van der Waals surface area contributed by atoms with E-state index in [2.05, 4.69) is 9.97 Å². The number of aliphatic hydroxyl groups excluding tert-OH is 1. The van der Waals surface area contributed by atoms with E-state index in [1.807, 2.05) is 12.1 Å². The van der Waals surface area contributed by atoms with Gasteiger partial charge in [-0.15, -0.1) is 0 Å². The average molecular weight is 253 g/mol. The van der Waals surface area contributed by atoms with Crippen molar-refractivity contribution in [1.29, 1.82) is 0 Å². The van der Waals surface area contributed by atoms with Crippen molar-refractivity contribution in [2.45, 2.75) is 16.5 Å². The third-order valence-corrected chi connectivity index (χ3v) is 3.35. The third kappa shape index (κ3) is 2.72. The molecule has 16 heavy (non-hydrogen) atoms. The predicted molar refractivity (Wildman–Crippen MR) is 63.5 cm³/mol. The molecule has 0 fully saturated rings. The summed E-state index contributed by atoms with van der Waals surface area (Å²) in [5.74, 6) is 0. The number of hydrogen-bond acceptors (Lipinski definition) is 4. The minimum Gasteiger partial charge on any atom is -0.392 e. The Morgan fingerprint density at radius 3 is 2.81 bits per heavy atom. The van der Waals surface area contributed by atoms with Crippen LogP contribution in [0.3, 0.4) is 0 Å². The first-order valence-corrected chi connectivity index (χ1v) is 5.82. The van der Waals surface area contributed by atoms with Crippen LogP contribution in [-0.4, -0.2) is 15.1 Å². The highest BCUT2D eigenvalue weighted by atomic mass is 35.5. The molecule has 0 atom stereocenters. The Kier molecular flexibility index (Phi) is 3.77. The molecular formula is C11H9ClN2OS. The molecule has 3 nitrogen and oxygen atoms in total. The van der Waals surface area contributed by atoms with Crippen LogP contribution in [0.4, 0.5) is 0 Å².